The largest absolute Gasteiger partial charge is 0.385 e. The molecular weight excluding hydrogens is 280 g/mol. The lowest BCUT2D eigenvalue weighted by Gasteiger charge is -2.32. The number of H-pyrrole nitrogens is 1. The number of aromatic amines is 1. The molecule has 0 radical (unpaired) electrons. The zero-order valence-corrected chi connectivity index (χ0v) is 12.4. The van der Waals surface area contributed by atoms with Gasteiger partial charge in [-0.15, -0.1) is 0 Å². The number of hydrogen-bond acceptors (Lipinski definition) is 4. The fourth-order valence-electron chi connectivity index (χ4n) is 2.64. The minimum atomic E-state index is -0.115. The van der Waals surface area contributed by atoms with Crippen molar-refractivity contribution >= 4 is 23.3 Å². The first kappa shape index (κ1) is 15.1. The van der Waals surface area contributed by atoms with Crippen molar-refractivity contribution in [3.63, 3.8) is 0 Å². The lowest BCUT2D eigenvalue weighted by molar-refractivity contribution is 0.0654. The van der Waals surface area contributed by atoms with Gasteiger partial charge in [0.05, 0.1) is 0 Å². The molecule has 1 aliphatic rings. The van der Waals surface area contributed by atoms with E-state index in [0.29, 0.717) is 11.6 Å². The highest BCUT2D eigenvalue weighted by atomic mass is 35.5. The number of nitrogens with two attached hydrogens (primary N) is 1. The molecule has 7 heteroatoms. The molecule has 112 valence electrons. The van der Waals surface area contributed by atoms with Gasteiger partial charge in [-0.25, -0.2) is 0 Å². The molecule has 0 aromatic carbocycles. The number of anilines is 1. The monoisotopic (exact) mass is 300 g/mol. The van der Waals surface area contributed by atoms with Gasteiger partial charge in [0.2, 0.25) is 0 Å². The second-order valence-corrected chi connectivity index (χ2v) is 5.57. The number of aromatic nitrogens is 2. The zero-order valence-electron chi connectivity index (χ0n) is 11.7. The molecule has 1 aromatic heterocycles. The quantitative estimate of drug-likeness (QED) is 0.814. The summed E-state index contributed by atoms with van der Waals surface area (Å²) in [7, 11) is 1.71. The SMILES string of the molecule is COCCC[C@@H]1CCCN(C(=O)c2[nH]nc(N)c2Cl)C1. The van der Waals surface area contributed by atoms with Gasteiger partial charge in [-0.3, -0.25) is 9.89 Å². The molecule has 0 saturated carbocycles. The molecule has 0 aliphatic carbocycles. The topological polar surface area (TPSA) is 84.2 Å². The third kappa shape index (κ3) is 3.43. The Balaban J connectivity index is 1.94. The zero-order chi connectivity index (χ0) is 14.5. The van der Waals surface area contributed by atoms with E-state index in [0.717, 1.165) is 45.4 Å². The van der Waals surface area contributed by atoms with Gasteiger partial charge in [-0.2, -0.15) is 5.10 Å². The van der Waals surface area contributed by atoms with Crippen LogP contribution in [0.3, 0.4) is 0 Å². The van der Waals surface area contributed by atoms with Crippen LogP contribution in [0.4, 0.5) is 5.82 Å². The Bertz CT molecular complexity index is 463. The van der Waals surface area contributed by atoms with Crippen LogP contribution in [0.15, 0.2) is 0 Å². The van der Waals surface area contributed by atoms with Crippen molar-refractivity contribution in [1.29, 1.82) is 0 Å². The van der Waals surface area contributed by atoms with Crippen LogP contribution in [-0.2, 0) is 4.74 Å². The summed E-state index contributed by atoms with van der Waals surface area (Å²) >= 11 is 5.98. The Morgan fingerprint density at radius 3 is 3.10 bits per heavy atom. The highest BCUT2D eigenvalue weighted by Crippen LogP contribution is 2.25. The molecule has 1 saturated heterocycles. The van der Waals surface area contributed by atoms with Crippen molar-refractivity contribution in [3.8, 4) is 0 Å². The molecule has 1 fully saturated rings. The smallest absolute Gasteiger partial charge is 0.273 e. The molecule has 2 rings (SSSR count). The Hall–Kier alpha value is -1.27. The third-order valence-electron chi connectivity index (χ3n) is 3.71. The maximum Gasteiger partial charge on any atom is 0.273 e. The van der Waals surface area contributed by atoms with Crippen LogP contribution in [0.5, 0.6) is 0 Å². The number of nitrogens with one attached hydrogen (secondary N) is 1. The van der Waals surface area contributed by atoms with Gasteiger partial charge < -0.3 is 15.4 Å². The van der Waals surface area contributed by atoms with Gasteiger partial charge in [0.15, 0.2) is 5.82 Å². The lowest BCUT2D eigenvalue weighted by atomic mass is 9.93. The predicted molar refractivity (Wildman–Crippen MR) is 77.7 cm³/mol. The van der Waals surface area contributed by atoms with E-state index >= 15 is 0 Å². The maximum absolute atomic E-state index is 12.4. The summed E-state index contributed by atoms with van der Waals surface area (Å²) in [5, 5.41) is 6.61. The second-order valence-electron chi connectivity index (χ2n) is 5.19. The summed E-state index contributed by atoms with van der Waals surface area (Å²) in [5.41, 5.74) is 5.85. The van der Waals surface area contributed by atoms with Gasteiger partial charge in [0, 0.05) is 26.8 Å². The summed E-state index contributed by atoms with van der Waals surface area (Å²) < 4.78 is 5.07. The van der Waals surface area contributed by atoms with Crippen molar-refractivity contribution in [2.45, 2.75) is 25.7 Å². The van der Waals surface area contributed by atoms with Gasteiger partial charge in [-0.05, 0) is 31.6 Å². The van der Waals surface area contributed by atoms with E-state index in [4.69, 9.17) is 22.1 Å². The number of carbonyl (C=O) groups excluding carboxylic acids is 1. The Kier molecular flexibility index (Phi) is 5.25. The molecule has 0 spiro atoms. The molecule has 1 aliphatic heterocycles. The van der Waals surface area contributed by atoms with Gasteiger partial charge in [0.1, 0.15) is 10.7 Å². The molecule has 6 nitrogen and oxygen atoms in total. The lowest BCUT2D eigenvalue weighted by Crippen LogP contribution is -2.40. The van der Waals surface area contributed by atoms with Crippen LogP contribution < -0.4 is 5.73 Å². The van der Waals surface area contributed by atoms with E-state index in [1.54, 1.807) is 7.11 Å². The van der Waals surface area contributed by atoms with Crippen LogP contribution in [0, 0.1) is 5.92 Å². The number of nitrogens with zero attached hydrogens (tertiary/aromatic N) is 2. The summed E-state index contributed by atoms with van der Waals surface area (Å²) in [6.07, 6.45) is 4.29. The van der Waals surface area contributed by atoms with Crippen LogP contribution in [0.1, 0.15) is 36.2 Å². The molecule has 2 heterocycles. The van der Waals surface area contributed by atoms with Gasteiger partial charge >= 0.3 is 0 Å². The number of carbonyl (C=O) groups is 1. The molecule has 1 aromatic rings. The number of piperidine rings is 1. The molecule has 1 atom stereocenters. The first-order valence-corrected chi connectivity index (χ1v) is 7.28. The molecule has 1 amide bonds. The van der Waals surface area contributed by atoms with Crippen LogP contribution >= 0.6 is 11.6 Å². The van der Waals surface area contributed by atoms with Crippen LogP contribution in [0.25, 0.3) is 0 Å². The Morgan fingerprint density at radius 2 is 2.45 bits per heavy atom. The number of halogens is 1. The maximum atomic E-state index is 12.4. The highest BCUT2D eigenvalue weighted by molar-refractivity contribution is 6.35. The first-order chi connectivity index (χ1) is 9.63. The molecule has 0 unspecified atom stereocenters. The van der Waals surface area contributed by atoms with Gasteiger partial charge in [-0.1, -0.05) is 11.6 Å². The molecular formula is C13H21ClN4O2. The predicted octanol–water partition coefficient (Wildman–Crippen LogP) is 1.92. The second kappa shape index (κ2) is 6.95. The van der Waals surface area contributed by atoms with Crippen LogP contribution in [-0.4, -0.2) is 47.8 Å². The molecule has 3 N–H and O–H groups in total. The fraction of sp³-hybridized carbons (Fsp3) is 0.692. The molecule has 20 heavy (non-hydrogen) atoms. The number of likely N-dealkylation sites (tertiary alicyclic amines) is 1. The van der Waals surface area contributed by atoms with E-state index in [1.807, 2.05) is 4.90 Å². The van der Waals surface area contributed by atoms with Crippen molar-refractivity contribution in [2.75, 3.05) is 32.5 Å². The first-order valence-electron chi connectivity index (χ1n) is 6.91. The van der Waals surface area contributed by atoms with E-state index in [1.165, 1.54) is 0 Å². The number of hydrogen-bond donors (Lipinski definition) is 2. The minimum Gasteiger partial charge on any atom is -0.385 e. The fourth-order valence-corrected chi connectivity index (χ4v) is 2.81. The van der Waals surface area contributed by atoms with Crippen molar-refractivity contribution in [1.82, 2.24) is 15.1 Å². The summed E-state index contributed by atoms with van der Waals surface area (Å²) in [4.78, 5) is 14.2. The average molecular weight is 301 g/mol. The van der Waals surface area contributed by atoms with E-state index in [9.17, 15) is 4.79 Å². The van der Waals surface area contributed by atoms with E-state index in [-0.39, 0.29) is 16.7 Å². The summed E-state index contributed by atoms with van der Waals surface area (Å²) in [5.74, 6) is 0.584. The summed E-state index contributed by atoms with van der Waals surface area (Å²) in [6.45, 7) is 2.29. The van der Waals surface area contributed by atoms with Crippen molar-refractivity contribution in [3.05, 3.63) is 10.7 Å². The third-order valence-corrected chi connectivity index (χ3v) is 4.10. The van der Waals surface area contributed by atoms with Crippen LogP contribution in [0.2, 0.25) is 5.02 Å². The standard InChI is InChI=1S/C13H21ClN4O2/c1-20-7-3-5-9-4-2-6-18(8-9)13(19)11-10(14)12(15)17-16-11/h9H,2-8H2,1H3,(H3,15,16,17)/t9-/m0/s1. The normalized spacial score (nSPS) is 19.3. The number of rotatable bonds is 5. The Morgan fingerprint density at radius 1 is 1.65 bits per heavy atom. The average Bonchev–Trinajstić information content (AvgIpc) is 2.79. The van der Waals surface area contributed by atoms with E-state index < -0.39 is 0 Å². The Labute approximate surface area is 123 Å². The summed E-state index contributed by atoms with van der Waals surface area (Å²) in [6, 6.07) is 0. The van der Waals surface area contributed by atoms with E-state index in [2.05, 4.69) is 10.2 Å². The number of amides is 1. The number of nitrogen functional groups attached to an aromatic ring is 1. The number of methoxy groups -OCH3 is 1. The minimum absolute atomic E-state index is 0.115. The van der Waals surface area contributed by atoms with Crippen molar-refractivity contribution in [2.24, 2.45) is 5.92 Å². The molecule has 0 bridgehead atoms. The highest BCUT2D eigenvalue weighted by Gasteiger charge is 2.27. The van der Waals surface area contributed by atoms with Gasteiger partial charge in [0.25, 0.3) is 5.91 Å². The number of ether oxygens (including phenoxy) is 1. The van der Waals surface area contributed by atoms with Crippen molar-refractivity contribution < 1.29 is 9.53 Å².